The first-order valence-corrected chi connectivity index (χ1v) is 5.17. The Morgan fingerprint density at radius 3 is 2.69 bits per heavy atom. The van der Waals surface area contributed by atoms with Gasteiger partial charge in [-0.1, -0.05) is 12.1 Å². The molecule has 0 saturated heterocycles. The number of hydrogen-bond acceptors (Lipinski definition) is 3. The maximum absolute atomic E-state index is 5.69. The van der Waals surface area contributed by atoms with Crippen LogP contribution >= 0.6 is 0 Å². The average molecular weight is 218 g/mol. The van der Waals surface area contributed by atoms with E-state index in [-0.39, 0.29) is 0 Å². The SMILES string of the molecule is CCn1ccnc1Oc1ccccc1OC. The van der Waals surface area contributed by atoms with Gasteiger partial charge in [0.2, 0.25) is 0 Å². The zero-order valence-corrected chi connectivity index (χ0v) is 9.38. The van der Waals surface area contributed by atoms with Crippen molar-refractivity contribution in [1.29, 1.82) is 0 Å². The Bertz CT molecular complexity index is 466. The molecule has 2 rings (SSSR count). The third-order valence-electron chi connectivity index (χ3n) is 2.29. The van der Waals surface area contributed by atoms with Gasteiger partial charge in [0.25, 0.3) is 0 Å². The van der Waals surface area contributed by atoms with Gasteiger partial charge >= 0.3 is 6.01 Å². The molecule has 0 fully saturated rings. The number of ether oxygens (including phenoxy) is 2. The lowest BCUT2D eigenvalue weighted by Gasteiger charge is -2.09. The summed E-state index contributed by atoms with van der Waals surface area (Å²) in [4.78, 5) is 4.14. The number of nitrogens with zero attached hydrogens (tertiary/aromatic N) is 2. The summed E-state index contributed by atoms with van der Waals surface area (Å²) >= 11 is 0. The molecule has 4 heteroatoms. The van der Waals surface area contributed by atoms with Gasteiger partial charge in [-0.3, -0.25) is 0 Å². The molecule has 0 saturated carbocycles. The van der Waals surface area contributed by atoms with Gasteiger partial charge in [0.1, 0.15) is 0 Å². The molecule has 1 aromatic heterocycles. The van der Waals surface area contributed by atoms with Crippen molar-refractivity contribution in [2.24, 2.45) is 0 Å². The third kappa shape index (κ3) is 2.00. The average Bonchev–Trinajstić information content (AvgIpc) is 2.77. The molecule has 0 unspecified atom stereocenters. The standard InChI is InChI=1S/C12H14N2O2/c1-3-14-9-8-13-12(14)16-11-7-5-4-6-10(11)15-2/h4-9H,3H2,1-2H3. The Morgan fingerprint density at radius 2 is 2.00 bits per heavy atom. The van der Waals surface area contributed by atoms with Crippen molar-refractivity contribution in [2.45, 2.75) is 13.5 Å². The van der Waals surface area contributed by atoms with Gasteiger partial charge < -0.3 is 14.0 Å². The normalized spacial score (nSPS) is 10.1. The molecule has 16 heavy (non-hydrogen) atoms. The van der Waals surface area contributed by atoms with E-state index >= 15 is 0 Å². The minimum atomic E-state index is 0.576. The predicted molar refractivity (Wildman–Crippen MR) is 61.0 cm³/mol. The van der Waals surface area contributed by atoms with E-state index in [2.05, 4.69) is 4.98 Å². The molecule has 1 heterocycles. The quantitative estimate of drug-likeness (QED) is 0.791. The summed E-state index contributed by atoms with van der Waals surface area (Å²) in [6.45, 7) is 2.86. The zero-order valence-electron chi connectivity index (χ0n) is 9.38. The van der Waals surface area contributed by atoms with Gasteiger partial charge in [0, 0.05) is 18.9 Å². The maximum Gasteiger partial charge on any atom is 0.301 e. The highest BCUT2D eigenvalue weighted by molar-refractivity contribution is 5.40. The van der Waals surface area contributed by atoms with Crippen LogP contribution in [-0.4, -0.2) is 16.7 Å². The van der Waals surface area contributed by atoms with Crippen LogP contribution in [0.15, 0.2) is 36.7 Å². The Morgan fingerprint density at radius 1 is 1.25 bits per heavy atom. The highest BCUT2D eigenvalue weighted by atomic mass is 16.5. The molecule has 0 spiro atoms. The van der Waals surface area contributed by atoms with Gasteiger partial charge in [0.05, 0.1) is 7.11 Å². The summed E-state index contributed by atoms with van der Waals surface area (Å²) in [6, 6.07) is 8.09. The van der Waals surface area contributed by atoms with Crippen molar-refractivity contribution in [2.75, 3.05) is 7.11 Å². The first-order valence-electron chi connectivity index (χ1n) is 5.17. The lowest BCUT2D eigenvalue weighted by molar-refractivity contribution is 0.359. The smallest absolute Gasteiger partial charge is 0.301 e. The number of benzene rings is 1. The summed E-state index contributed by atoms with van der Waals surface area (Å²) < 4.78 is 12.8. The number of imidazole rings is 1. The highest BCUT2D eigenvalue weighted by Crippen LogP contribution is 2.29. The van der Waals surface area contributed by atoms with Crippen molar-refractivity contribution in [3.05, 3.63) is 36.7 Å². The summed E-state index contributed by atoms with van der Waals surface area (Å²) in [5, 5.41) is 0. The van der Waals surface area contributed by atoms with E-state index in [1.54, 1.807) is 13.3 Å². The number of aryl methyl sites for hydroxylation is 1. The molecular formula is C12H14N2O2. The van der Waals surface area contributed by atoms with E-state index in [1.165, 1.54) is 0 Å². The number of methoxy groups -OCH3 is 1. The lowest BCUT2D eigenvalue weighted by atomic mass is 10.3. The first-order chi connectivity index (χ1) is 7.85. The summed E-state index contributed by atoms with van der Waals surface area (Å²) in [5.41, 5.74) is 0. The van der Waals surface area contributed by atoms with Crippen LogP contribution in [0.1, 0.15) is 6.92 Å². The molecule has 4 nitrogen and oxygen atoms in total. The monoisotopic (exact) mass is 218 g/mol. The van der Waals surface area contributed by atoms with E-state index in [9.17, 15) is 0 Å². The molecule has 0 aliphatic carbocycles. The Labute approximate surface area is 94.4 Å². The molecule has 1 aromatic carbocycles. The fourth-order valence-corrected chi connectivity index (χ4v) is 1.44. The summed E-state index contributed by atoms with van der Waals surface area (Å²) in [7, 11) is 1.62. The largest absolute Gasteiger partial charge is 0.493 e. The summed E-state index contributed by atoms with van der Waals surface area (Å²) in [6.07, 6.45) is 3.60. The molecule has 0 aliphatic heterocycles. The van der Waals surface area contributed by atoms with E-state index in [0.717, 1.165) is 6.54 Å². The predicted octanol–water partition coefficient (Wildman–Crippen LogP) is 2.70. The second kappa shape index (κ2) is 4.70. The maximum atomic E-state index is 5.69. The fourth-order valence-electron chi connectivity index (χ4n) is 1.44. The van der Waals surface area contributed by atoms with Crippen molar-refractivity contribution in [1.82, 2.24) is 9.55 Å². The number of hydrogen-bond donors (Lipinski definition) is 0. The van der Waals surface area contributed by atoms with Gasteiger partial charge in [-0.05, 0) is 19.1 Å². The Kier molecular flexibility index (Phi) is 3.10. The Balaban J connectivity index is 2.26. The molecule has 0 radical (unpaired) electrons. The van der Waals surface area contributed by atoms with Crippen LogP contribution in [0.2, 0.25) is 0 Å². The number of para-hydroxylation sites is 2. The van der Waals surface area contributed by atoms with Gasteiger partial charge in [-0.2, -0.15) is 0 Å². The molecule has 84 valence electrons. The highest BCUT2D eigenvalue weighted by Gasteiger charge is 2.07. The lowest BCUT2D eigenvalue weighted by Crippen LogP contribution is -1.98. The fraction of sp³-hybridized carbons (Fsp3) is 0.250. The van der Waals surface area contributed by atoms with Crippen LogP contribution in [0.5, 0.6) is 17.5 Å². The summed E-state index contributed by atoms with van der Waals surface area (Å²) in [5.74, 6) is 1.37. The van der Waals surface area contributed by atoms with Gasteiger partial charge in [-0.25, -0.2) is 4.98 Å². The van der Waals surface area contributed by atoms with Crippen LogP contribution in [0, 0.1) is 0 Å². The zero-order chi connectivity index (χ0) is 11.4. The minimum absolute atomic E-state index is 0.576. The second-order valence-corrected chi connectivity index (χ2v) is 3.25. The van der Waals surface area contributed by atoms with Crippen LogP contribution in [-0.2, 0) is 6.54 Å². The minimum Gasteiger partial charge on any atom is -0.493 e. The van der Waals surface area contributed by atoms with Crippen LogP contribution in [0.25, 0.3) is 0 Å². The molecule has 0 atom stereocenters. The van der Waals surface area contributed by atoms with Gasteiger partial charge in [0.15, 0.2) is 11.5 Å². The van der Waals surface area contributed by atoms with E-state index in [4.69, 9.17) is 9.47 Å². The molecule has 0 aliphatic rings. The van der Waals surface area contributed by atoms with Crippen molar-refractivity contribution < 1.29 is 9.47 Å². The van der Waals surface area contributed by atoms with E-state index < -0.39 is 0 Å². The van der Waals surface area contributed by atoms with Crippen molar-refractivity contribution in [3.8, 4) is 17.5 Å². The number of rotatable bonds is 4. The van der Waals surface area contributed by atoms with E-state index in [1.807, 2.05) is 42.0 Å². The molecule has 0 N–H and O–H groups in total. The van der Waals surface area contributed by atoms with E-state index in [0.29, 0.717) is 17.5 Å². The number of aromatic nitrogens is 2. The van der Waals surface area contributed by atoms with Gasteiger partial charge in [-0.15, -0.1) is 0 Å². The first kappa shape index (κ1) is 10.5. The Hall–Kier alpha value is -1.97. The molecule has 0 bridgehead atoms. The van der Waals surface area contributed by atoms with Crippen molar-refractivity contribution in [3.63, 3.8) is 0 Å². The topological polar surface area (TPSA) is 36.3 Å². The molecule has 2 aromatic rings. The van der Waals surface area contributed by atoms with Crippen molar-refractivity contribution >= 4 is 0 Å². The van der Waals surface area contributed by atoms with Crippen LogP contribution in [0.3, 0.4) is 0 Å². The van der Waals surface area contributed by atoms with Crippen LogP contribution < -0.4 is 9.47 Å². The third-order valence-corrected chi connectivity index (χ3v) is 2.29. The van der Waals surface area contributed by atoms with Crippen LogP contribution in [0.4, 0.5) is 0 Å². The second-order valence-electron chi connectivity index (χ2n) is 3.25. The molecule has 0 amide bonds. The molecular weight excluding hydrogens is 204 g/mol.